The van der Waals surface area contributed by atoms with Gasteiger partial charge in [0.05, 0.1) is 21.9 Å². The molecule has 1 fully saturated rings. The van der Waals surface area contributed by atoms with Crippen LogP contribution in [0.5, 0.6) is 5.75 Å². The predicted octanol–water partition coefficient (Wildman–Crippen LogP) is 2.74. The molecular weight excluding hydrogens is 431 g/mol. The molecule has 0 heterocycles. The summed E-state index contributed by atoms with van der Waals surface area (Å²) in [4.78, 5) is 35.1. The zero-order chi connectivity index (χ0) is 21.5. The second-order valence-electron chi connectivity index (χ2n) is 6.45. The van der Waals surface area contributed by atoms with E-state index in [4.69, 9.17) is 27.9 Å². The van der Waals surface area contributed by atoms with Crippen LogP contribution in [0.2, 0.25) is 10.0 Å². The van der Waals surface area contributed by atoms with Gasteiger partial charge in [0, 0.05) is 6.04 Å². The zero-order valence-electron chi connectivity index (χ0n) is 15.7. The lowest BCUT2D eigenvalue weighted by molar-refractivity contribution is -0.139. The molecule has 0 spiro atoms. The van der Waals surface area contributed by atoms with Gasteiger partial charge in [0.15, 0.2) is 6.61 Å². The molecule has 30 heavy (non-hydrogen) atoms. The number of anilines is 1. The van der Waals surface area contributed by atoms with Gasteiger partial charge >= 0.3 is 11.8 Å². The van der Waals surface area contributed by atoms with Gasteiger partial charge in [-0.3, -0.25) is 14.4 Å². The van der Waals surface area contributed by atoms with Gasteiger partial charge in [-0.2, -0.15) is 5.10 Å². The van der Waals surface area contributed by atoms with E-state index in [9.17, 15) is 14.4 Å². The lowest BCUT2D eigenvalue weighted by atomic mass is 10.2. The Hall–Kier alpha value is -3.10. The molecule has 156 valence electrons. The molecule has 0 aliphatic heterocycles. The fourth-order valence-electron chi connectivity index (χ4n) is 2.28. The maximum Gasteiger partial charge on any atom is 0.329 e. The Labute approximate surface area is 182 Å². The Morgan fingerprint density at radius 1 is 1.07 bits per heavy atom. The number of halogens is 2. The van der Waals surface area contributed by atoms with Crippen molar-refractivity contribution in [2.24, 2.45) is 5.10 Å². The molecule has 0 atom stereocenters. The maximum atomic E-state index is 12.0. The van der Waals surface area contributed by atoms with Gasteiger partial charge in [-0.05, 0) is 54.8 Å². The highest BCUT2D eigenvalue weighted by molar-refractivity contribution is 6.44. The van der Waals surface area contributed by atoms with E-state index < -0.39 is 17.7 Å². The van der Waals surface area contributed by atoms with Crippen LogP contribution < -0.4 is 20.8 Å². The number of ether oxygens (including phenoxy) is 1. The largest absolute Gasteiger partial charge is 0.484 e. The Bertz CT molecular complexity index is 975. The molecule has 2 aromatic carbocycles. The van der Waals surface area contributed by atoms with Crippen LogP contribution in [0, 0.1) is 0 Å². The van der Waals surface area contributed by atoms with Crippen LogP contribution in [-0.2, 0) is 14.4 Å². The quantitative estimate of drug-likeness (QED) is 0.343. The van der Waals surface area contributed by atoms with E-state index in [1.54, 1.807) is 42.5 Å². The summed E-state index contributed by atoms with van der Waals surface area (Å²) in [7, 11) is 0. The SMILES string of the molecule is O=C(COc1ccc(/C=N\NC(=O)C(=O)NC2CC2)cc1)Nc1cccc(Cl)c1Cl. The van der Waals surface area contributed by atoms with E-state index in [1.165, 1.54) is 6.21 Å². The number of carbonyl (C=O) groups excluding carboxylic acids is 3. The van der Waals surface area contributed by atoms with Crippen molar-refractivity contribution in [3.05, 3.63) is 58.1 Å². The number of hydrazone groups is 1. The van der Waals surface area contributed by atoms with Gasteiger partial charge < -0.3 is 15.4 Å². The second kappa shape index (κ2) is 10.1. The maximum absolute atomic E-state index is 12.0. The highest BCUT2D eigenvalue weighted by Gasteiger charge is 2.26. The van der Waals surface area contributed by atoms with E-state index in [0.717, 1.165) is 12.8 Å². The van der Waals surface area contributed by atoms with Gasteiger partial charge in [0.1, 0.15) is 5.75 Å². The third-order valence-electron chi connectivity index (χ3n) is 3.97. The lowest BCUT2D eigenvalue weighted by Gasteiger charge is -2.09. The average Bonchev–Trinajstić information content (AvgIpc) is 3.54. The normalized spacial score (nSPS) is 13.0. The first-order chi connectivity index (χ1) is 14.4. The summed E-state index contributed by atoms with van der Waals surface area (Å²) in [5.41, 5.74) is 3.23. The molecule has 0 unspecified atom stereocenters. The molecule has 0 saturated heterocycles. The highest BCUT2D eigenvalue weighted by atomic mass is 35.5. The number of nitrogens with one attached hydrogen (secondary N) is 3. The summed E-state index contributed by atoms with van der Waals surface area (Å²) in [6, 6.07) is 11.7. The first kappa shape index (κ1) is 21.6. The zero-order valence-corrected chi connectivity index (χ0v) is 17.2. The Kier molecular flexibility index (Phi) is 7.26. The molecule has 3 N–H and O–H groups in total. The van der Waals surface area contributed by atoms with Gasteiger partial charge in [-0.1, -0.05) is 29.3 Å². The summed E-state index contributed by atoms with van der Waals surface area (Å²) in [6.07, 6.45) is 3.18. The number of nitrogens with zero attached hydrogens (tertiary/aromatic N) is 1. The first-order valence-electron chi connectivity index (χ1n) is 9.03. The minimum atomic E-state index is -0.816. The van der Waals surface area contributed by atoms with Crippen molar-refractivity contribution in [1.82, 2.24) is 10.7 Å². The molecule has 8 nitrogen and oxygen atoms in total. The monoisotopic (exact) mass is 448 g/mol. The van der Waals surface area contributed by atoms with Gasteiger partial charge in [-0.15, -0.1) is 0 Å². The van der Waals surface area contributed by atoms with Gasteiger partial charge in [-0.25, -0.2) is 5.43 Å². The average molecular weight is 449 g/mol. The number of amides is 3. The first-order valence-corrected chi connectivity index (χ1v) is 9.78. The summed E-state index contributed by atoms with van der Waals surface area (Å²) >= 11 is 11.9. The van der Waals surface area contributed by atoms with Crippen LogP contribution in [0.1, 0.15) is 18.4 Å². The minimum absolute atomic E-state index is 0.101. The van der Waals surface area contributed by atoms with E-state index >= 15 is 0 Å². The third kappa shape index (κ3) is 6.47. The van der Waals surface area contributed by atoms with Crippen LogP contribution in [0.4, 0.5) is 5.69 Å². The van der Waals surface area contributed by atoms with Crippen LogP contribution >= 0.6 is 23.2 Å². The number of hydrogen-bond acceptors (Lipinski definition) is 5. The van der Waals surface area contributed by atoms with Gasteiger partial charge in [0.25, 0.3) is 5.91 Å². The molecule has 0 bridgehead atoms. The van der Waals surface area contributed by atoms with Crippen molar-refractivity contribution in [1.29, 1.82) is 0 Å². The number of carbonyl (C=O) groups is 3. The number of hydrogen-bond donors (Lipinski definition) is 3. The van der Waals surface area contributed by atoms with E-state index in [-0.39, 0.29) is 17.7 Å². The molecule has 10 heteroatoms. The molecule has 0 radical (unpaired) electrons. The van der Waals surface area contributed by atoms with Crippen molar-refractivity contribution >= 4 is 52.8 Å². The molecule has 1 saturated carbocycles. The van der Waals surface area contributed by atoms with Crippen LogP contribution in [0.15, 0.2) is 47.6 Å². The smallest absolute Gasteiger partial charge is 0.329 e. The Morgan fingerprint density at radius 2 is 1.80 bits per heavy atom. The standard InChI is InChI=1S/C20H18Cl2N4O4/c21-15-2-1-3-16(18(15)22)25-17(27)11-30-14-8-4-12(5-9-14)10-23-26-20(29)19(28)24-13-6-7-13/h1-5,8-10,13H,6-7,11H2,(H,24,28)(H,25,27)(H,26,29)/b23-10-. The highest BCUT2D eigenvalue weighted by Crippen LogP contribution is 2.29. The molecule has 3 amide bonds. The summed E-state index contributed by atoms with van der Waals surface area (Å²) in [5.74, 6) is -1.44. The van der Waals surface area contributed by atoms with Crippen LogP contribution in [0.25, 0.3) is 0 Å². The second-order valence-corrected chi connectivity index (χ2v) is 7.24. The van der Waals surface area contributed by atoms with E-state index in [1.807, 2.05) is 0 Å². The molecule has 0 aromatic heterocycles. The summed E-state index contributed by atoms with van der Waals surface area (Å²) < 4.78 is 5.43. The number of benzene rings is 2. The summed E-state index contributed by atoms with van der Waals surface area (Å²) in [5, 5.41) is 9.53. The van der Waals surface area contributed by atoms with Gasteiger partial charge in [0.2, 0.25) is 0 Å². The lowest BCUT2D eigenvalue weighted by Crippen LogP contribution is -2.38. The Balaban J connectivity index is 1.43. The molecule has 3 rings (SSSR count). The molecule has 2 aromatic rings. The van der Waals surface area contributed by atoms with E-state index in [0.29, 0.717) is 22.0 Å². The van der Waals surface area contributed by atoms with Crippen molar-refractivity contribution in [3.63, 3.8) is 0 Å². The van der Waals surface area contributed by atoms with Crippen LogP contribution in [0.3, 0.4) is 0 Å². The fraction of sp³-hybridized carbons (Fsp3) is 0.200. The molecule has 1 aliphatic carbocycles. The van der Waals surface area contributed by atoms with E-state index in [2.05, 4.69) is 21.2 Å². The van der Waals surface area contributed by atoms with Crippen molar-refractivity contribution in [3.8, 4) is 5.75 Å². The topological polar surface area (TPSA) is 109 Å². The van der Waals surface area contributed by atoms with Crippen molar-refractivity contribution in [2.75, 3.05) is 11.9 Å². The van der Waals surface area contributed by atoms with Crippen LogP contribution in [-0.4, -0.2) is 36.6 Å². The third-order valence-corrected chi connectivity index (χ3v) is 4.79. The fourth-order valence-corrected chi connectivity index (χ4v) is 2.63. The number of rotatable bonds is 7. The molecule has 1 aliphatic rings. The summed E-state index contributed by atoms with van der Waals surface area (Å²) in [6.45, 7) is -0.220. The Morgan fingerprint density at radius 3 is 2.50 bits per heavy atom. The van der Waals surface area contributed by atoms with Crippen molar-refractivity contribution < 1.29 is 19.1 Å². The van der Waals surface area contributed by atoms with Crippen molar-refractivity contribution in [2.45, 2.75) is 18.9 Å². The predicted molar refractivity (Wildman–Crippen MR) is 114 cm³/mol. The minimum Gasteiger partial charge on any atom is -0.484 e. The molecular formula is C20H18Cl2N4O4.